The third-order valence-electron chi connectivity index (χ3n) is 5.07. The van der Waals surface area contributed by atoms with E-state index in [1.807, 2.05) is 18.2 Å². The van der Waals surface area contributed by atoms with E-state index >= 15 is 0 Å². The molecule has 2 aromatic carbocycles. The summed E-state index contributed by atoms with van der Waals surface area (Å²) in [6.45, 7) is 0. The standard InChI is InChI=1S/C18H15ClN2O2S/c19-14-7-5-10(9-15(14)21(22)23)17-11-3-1-2-4-12(11)18-13(17)6-8-16(24)20-18/h1-5,7,9,13,17-18H,6,8H2,(H,20,24). The van der Waals surface area contributed by atoms with Crippen molar-refractivity contribution >= 4 is 34.5 Å². The second-order valence-electron chi connectivity index (χ2n) is 6.32. The van der Waals surface area contributed by atoms with Gasteiger partial charge < -0.3 is 5.32 Å². The molecule has 0 aromatic heterocycles. The Kier molecular flexibility index (Phi) is 3.77. The third-order valence-corrected chi connectivity index (χ3v) is 5.71. The van der Waals surface area contributed by atoms with Gasteiger partial charge in [-0.1, -0.05) is 54.2 Å². The Labute approximate surface area is 150 Å². The normalized spacial score (nSPS) is 24.9. The molecule has 6 heteroatoms. The van der Waals surface area contributed by atoms with Crippen LogP contribution in [-0.2, 0) is 0 Å². The molecule has 1 saturated heterocycles. The molecule has 3 unspecified atom stereocenters. The minimum atomic E-state index is -0.418. The molecular weight excluding hydrogens is 344 g/mol. The Morgan fingerprint density at radius 1 is 1.21 bits per heavy atom. The molecule has 4 rings (SSSR count). The second kappa shape index (κ2) is 5.83. The number of rotatable bonds is 2. The first kappa shape index (κ1) is 15.5. The summed E-state index contributed by atoms with van der Waals surface area (Å²) in [5.74, 6) is 0.465. The average Bonchev–Trinajstić information content (AvgIpc) is 2.89. The molecule has 1 heterocycles. The van der Waals surface area contributed by atoms with E-state index in [4.69, 9.17) is 23.8 Å². The molecule has 0 radical (unpaired) electrons. The minimum Gasteiger partial charge on any atom is -0.373 e. The summed E-state index contributed by atoms with van der Waals surface area (Å²) in [5, 5.41) is 14.9. The summed E-state index contributed by atoms with van der Waals surface area (Å²) in [7, 11) is 0. The van der Waals surface area contributed by atoms with Crippen LogP contribution < -0.4 is 5.32 Å². The number of hydrogen-bond donors (Lipinski definition) is 1. The van der Waals surface area contributed by atoms with Crippen LogP contribution >= 0.6 is 23.8 Å². The molecular formula is C18H15ClN2O2S. The van der Waals surface area contributed by atoms with Crippen molar-refractivity contribution in [2.45, 2.75) is 24.8 Å². The molecule has 1 aliphatic heterocycles. The Bertz CT molecular complexity index is 855. The van der Waals surface area contributed by atoms with Crippen LogP contribution in [0.5, 0.6) is 0 Å². The topological polar surface area (TPSA) is 55.2 Å². The molecule has 0 amide bonds. The van der Waals surface area contributed by atoms with Gasteiger partial charge in [-0.25, -0.2) is 0 Å². The molecule has 122 valence electrons. The van der Waals surface area contributed by atoms with Crippen molar-refractivity contribution in [3.05, 3.63) is 74.3 Å². The van der Waals surface area contributed by atoms with Gasteiger partial charge in [-0.3, -0.25) is 10.1 Å². The fraction of sp³-hybridized carbons (Fsp3) is 0.278. The lowest BCUT2D eigenvalue weighted by atomic mass is 9.80. The molecule has 2 aliphatic rings. The highest BCUT2D eigenvalue weighted by Gasteiger charge is 2.43. The van der Waals surface area contributed by atoms with E-state index in [0.29, 0.717) is 5.92 Å². The van der Waals surface area contributed by atoms with E-state index < -0.39 is 4.92 Å². The number of hydrogen-bond acceptors (Lipinski definition) is 3. The maximum atomic E-state index is 11.3. The number of nitrogens with one attached hydrogen (secondary N) is 1. The monoisotopic (exact) mass is 358 g/mol. The van der Waals surface area contributed by atoms with Crippen LogP contribution in [0, 0.1) is 16.0 Å². The fourth-order valence-electron chi connectivity index (χ4n) is 4.08. The molecule has 3 atom stereocenters. The predicted octanol–water partition coefficient (Wildman–Crippen LogP) is 4.76. The van der Waals surface area contributed by atoms with E-state index in [2.05, 4.69) is 17.4 Å². The predicted molar refractivity (Wildman–Crippen MR) is 97.6 cm³/mol. The third kappa shape index (κ3) is 2.39. The summed E-state index contributed by atoms with van der Waals surface area (Å²) in [5.41, 5.74) is 3.38. The zero-order chi connectivity index (χ0) is 16.8. The maximum Gasteiger partial charge on any atom is 0.288 e. The van der Waals surface area contributed by atoms with E-state index in [9.17, 15) is 10.1 Å². The summed E-state index contributed by atoms with van der Waals surface area (Å²) >= 11 is 11.4. The minimum absolute atomic E-state index is 0.0330. The van der Waals surface area contributed by atoms with Gasteiger partial charge >= 0.3 is 0 Å². The Balaban J connectivity index is 1.84. The maximum absolute atomic E-state index is 11.3. The van der Waals surface area contributed by atoms with Crippen molar-refractivity contribution in [1.29, 1.82) is 0 Å². The van der Waals surface area contributed by atoms with E-state index in [0.717, 1.165) is 23.4 Å². The lowest BCUT2D eigenvalue weighted by molar-refractivity contribution is -0.384. The van der Waals surface area contributed by atoms with E-state index in [-0.39, 0.29) is 22.7 Å². The first-order chi connectivity index (χ1) is 11.6. The van der Waals surface area contributed by atoms with Crippen LogP contribution in [0.4, 0.5) is 5.69 Å². The number of halogens is 1. The molecule has 1 N–H and O–H groups in total. The average molecular weight is 359 g/mol. The van der Waals surface area contributed by atoms with Gasteiger partial charge in [0, 0.05) is 12.0 Å². The van der Waals surface area contributed by atoms with Crippen molar-refractivity contribution in [1.82, 2.24) is 5.32 Å². The number of thiocarbonyl (C=S) groups is 1. The first-order valence-corrected chi connectivity index (χ1v) is 8.67. The van der Waals surface area contributed by atoms with Gasteiger partial charge in [-0.05, 0) is 41.5 Å². The molecule has 24 heavy (non-hydrogen) atoms. The van der Waals surface area contributed by atoms with E-state index in [1.165, 1.54) is 11.1 Å². The zero-order valence-corrected chi connectivity index (χ0v) is 14.3. The molecule has 0 saturated carbocycles. The number of piperidine rings is 1. The summed E-state index contributed by atoms with van der Waals surface area (Å²) in [4.78, 5) is 11.7. The summed E-state index contributed by atoms with van der Waals surface area (Å²) < 4.78 is 0. The van der Waals surface area contributed by atoms with Crippen molar-refractivity contribution in [2.24, 2.45) is 5.92 Å². The Hall–Kier alpha value is -1.98. The quantitative estimate of drug-likeness (QED) is 0.477. The number of fused-ring (bicyclic) bond motifs is 3. The molecule has 4 nitrogen and oxygen atoms in total. The highest BCUT2D eigenvalue weighted by atomic mass is 35.5. The van der Waals surface area contributed by atoms with Crippen LogP contribution in [0.2, 0.25) is 5.02 Å². The smallest absolute Gasteiger partial charge is 0.288 e. The number of nitro groups is 1. The first-order valence-electron chi connectivity index (χ1n) is 7.88. The number of benzene rings is 2. The number of nitrogens with zero attached hydrogens (tertiary/aromatic N) is 1. The largest absolute Gasteiger partial charge is 0.373 e. The molecule has 1 fully saturated rings. The van der Waals surface area contributed by atoms with Gasteiger partial charge in [0.05, 0.1) is 16.0 Å². The fourth-order valence-corrected chi connectivity index (χ4v) is 4.51. The highest BCUT2D eigenvalue weighted by molar-refractivity contribution is 7.80. The van der Waals surface area contributed by atoms with Gasteiger partial charge in [-0.2, -0.15) is 0 Å². The van der Waals surface area contributed by atoms with Crippen LogP contribution in [0.1, 0.15) is 41.5 Å². The summed E-state index contributed by atoms with van der Waals surface area (Å²) in [6.07, 6.45) is 1.84. The Morgan fingerprint density at radius 2 is 1.96 bits per heavy atom. The van der Waals surface area contributed by atoms with Crippen molar-refractivity contribution < 1.29 is 4.92 Å². The van der Waals surface area contributed by atoms with Gasteiger partial charge in [0.2, 0.25) is 0 Å². The molecule has 0 spiro atoms. The van der Waals surface area contributed by atoms with Gasteiger partial charge in [0.15, 0.2) is 0 Å². The second-order valence-corrected chi connectivity index (χ2v) is 7.22. The van der Waals surface area contributed by atoms with Crippen molar-refractivity contribution in [2.75, 3.05) is 0 Å². The lowest BCUT2D eigenvalue weighted by Crippen LogP contribution is -2.36. The zero-order valence-electron chi connectivity index (χ0n) is 12.7. The molecule has 1 aliphatic carbocycles. The van der Waals surface area contributed by atoms with Crippen LogP contribution in [-0.4, -0.2) is 9.91 Å². The van der Waals surface area contributed by atoms with Crippen LogP contribution in [0.3, 0.4) is 0 Å². The van der Waals surface area contributed by atoms with Gasteiger partial charge in [0.25, 0.3) is 5.69 Å². The van der Waals surface area contributed by atoms with Gasteiger partial charge in [-0.15, -0.1) is 0 Å². The lowest BCUT2D eigenvalue weighted by Gasteiger charge is -2.32. The molecule has 0 bridgehead atoms. The highest BCUT2D eigenvalue weighted by Crippen LogP contribution is 2.52. The SMILES string of the molecule is O=[N+]([O-])c1cc(C2c3ccccc3C3NC(=S)CCC32)ccc1Cl. The number of nitro benzene ring substituents is 1. The molecule has 2 aromatic rings. The van der Waals surface area contributed by atoms with Gasteiger partial charge in [0.1, 0.15) is 5.02 Å². The van der Waals surface area contributed by atoms with E-state index in [1.54, 1.807) is 12.1 Å². The summed E-state index contributed by atoms with van der Waals surface area (Å²) in [6, 6.07) is 13.6. The van der Waals surface area contributed by atoms with Crippen molar-refractivity contribution in [3.8, 4) is 0 Å². The van der Waals surface area contributed by atoms with Crippen molar-refractivity contribution in [3.63, 3.8) is 0 Å². The Morgan fingerprint density at radius 3 is 2.71 bits per heavy atom. The van der Waals surface area contributed by atoms with Crippen LogP contribution in [0.25, 0.3) is 0 Å². The van der Waals surface area contributed by atoms with Crippen LogP contribution in [0.15, 0.2) is 42.5 Å².